The van der Waals surface area contributed by atoms with Gasteiger partial charge in [-0.25, -0.2) is 0 Å². The van der Waals surface area contributed by atoms with E-state index in [-0.39, 0.29) is 11.6 Å². The maximum Gasteiger partial charge on any atom is 0.269 e. The molecular formula is C16H16N2O5. The van der Waals surface area contributed by atoms with Gasteiger partial charge in [-0.3, -0.25) is 14.9 Å². The van der Waals surface area contributed by atoms with Crippen LogP contribution in [0.3, 0.4) is 0 Å². The third-order valence-corrected chi connectivity index (χ3v) is 3.09. The minimum Gasteiger partial charge on any atom is -0.495 e. The zero-order chi connectivity index (χ0) is 16.8. The molecule has 0 heterocycles. The van der Waals surface area contributed by atoms with Crippen molar-refractivity contribution < 1.29 is 19.2 Å². The first kappa shape index (κ1) is 16.3. The zero-order valence-electron chi connectivity index (χ0n) is 12.7. The number of rotatable bonds is 6. The summed E-state index contributed by atoms with van der Waals surface area (Å²) in [5.74, 6) is 0.564. The van der Waals surface area contributed by atoms with Gasteiger partial charge >= 0.3 is 0 Å². The molecule has 7 heteroatoms. The third-order valence-electron chi connectivity index (χ3n) is 3.09. The van der Waals surface area contributed by atoms with E-state index in [1.807, 2.05) is 0 Å². The Morgan fingerprint density at radius 2 is 1.83 bits per heavy atom. The second-order valence-electron chi connectivity index (χ2n) is 4.70. The number of hydrogen-bond donors (Lipinski definition) is 1. The van der Waals surface area contributed by atoms with Crippen LogP contribution in [0, 0.1) is 10.1 Å². The van der Waals surface area contributed by atoms with E-state index < -0.39 is 11.0 Å². The average molecular weight is 316 g/mol. The van der Waals surface area contributed by atoms with Crippen molar-refractivity contribution in [3.8, 4) is 11.5 Å². The Hall–Kier alpha value is -3.09. The number of nitro groups is 1. The van der Waals surface area contributed by atoms with Gasteiger partial charge in [0.2, 0.25) is 0 Å². The summed E-state index contributed by atoms with van der Waals surface area (Å²) in [5.41, 5.74) is 0.502. The summed E-state index contributed by atoms with van der Waals surface area (Å²) < 4.78 is 10.6. The summed E-state index contributed by atoms with van der Waals surface area (Å²) >= 11 is 0. The number of methoxy groups -OCH3 is 1. The number of hydrogen-bond acceptors (Lipinski definition) is 5. The lowest BCUT2D eigenvalue weighted by Gasteiger charge is -2.16. The first-order chi connectivity index (χ1) is 11.0. The molecule has 0 fully saturated rings. The van der Waals surface area contributed by atoms with Gasteiger partial charge in [0.05, 0.1) is 17.7 Å². The normalized spacial score (nSPS) is 11.4. The lowest BCUT2D eigenvalue weighted by atomic mass is 10.2. The van der Waals surface area contributed by atoms with Crippen LogP contribution in [-0.4, -0.2) is 24.0 Å². The molecule has 1 unspecified atom stereocenters. The van der Waals surface area contributed by atoms with E-state index in [9.17, 15) is 14.9 Å². The fourth-order valence-corrected chi connectivity index (χ4v) is 1.89. The van der Waals surface area contributed by atoms with Crippen LogP contribution in [0.4, 0.5) is 11.4 Å². The maximum atomic E-state index is 12.2. The quantitative estimate of drug-likeness (QED) is 0.653. The van der Waals surface area contributed by atoms with Crippen LogP contribution >= 0.6 is 0 Å². The molecule has 0 spiro atoms. The summed E-state index contributed by atoms with van der Waals surface area (Å²) in [6.07, 6.45) is -0.777. The van der Waals surface area contributed by atoms with Gasteiger partial charge in [0.15, 0.2) is 6.10 Å². The van der Waals surface area contributed by atoms with Gasteiger partial charge in [-0.2, -0.15) is 0 Å². The number of nitrogens with one attached hydrogen (secondary N) is 1. The molecule has 0 saturated heterocycles. The summed E-state index contributed by atoms with van der Waals surface area (Å²) in [4.78, 5) is 22.3. The molecule has 2 rings (SSSR count). The van der Waals surface area contributed by atoms with Crippen molar-refractivity contribution in [2.45, 2.75) is 13.0 Å². The molecule has 1 amide bonds. The predicted molar refractivity (Wildman–Crippen MR) is 84.8 cm³/mol. The summed E-state index contributed by atoms with van der Waals surface area (Å²) in [5, 5.41) is 13.3. The highest BCUT2D eigenvalue weighted by Gasteiger charge is 2.17. The lowest BCUT2D eigenvalue weighted by Crippen LogP contribution is -2.30. The van der Waals surface area contributed by atoms with E-state index in [0.29, 0.717) is 17.2 Å². The van der Waals surface area contributed by atoms with Gasteiger partial charge in [0, 0.05) is 12.1 Å². The van der Waals surface area contributed by atoms with E-state index >= 15 is 0 Å². The van der Waals surface area contributed by atoms with Gasteiger partial charge in [-0.15, -0.1) is 0 Å². The van der Waals surface area contributed by atoms with E-state index in [4.69, 9.17) is 9.47 Å². The Morgan fingerprint density at radius 3 is 2.43 bits per heavy atom. The van der Waals surface area contributed by atoms with Crippen LogP contribution in [0.5, 0.6) is 11.5 Å². The number of amides is 1. The molecule has 0 aromatic heterocycles. The fraction of sp³-hybridized carbons (Fsp3) is 0.188. The van der Waals surface area contributed by atoms with Crippen molar-refractivity contribution >= 4 is 17.3 Å². The molecule has 0 aliphatic heterocycles. The summed E-state index contributed by atoms with van der Waals surface area (Å²) in [6.45, 7) is 1.59. The van der Waals surface area contributed by atoms with Gasteiger partial charge < -0.3 is 14.8 Å². The molecule has 7 nitrogen and oxygen atoms in total. The topological polar surface area (TPSA) is 90.7 Å². The highest BCUT2D eigenvalue weighted by Crippen LogP contribution is 2.24. The van der Waals surface area contributed by atoms with Crippen molar-refractivity contribution in [2.75, 3.05) is 12.4 Å². The monoisotopic (exact) mass is 316 g/mol. The second-order valence-corrected chi connectivity index (χ2v) is 4.70. The van der Waals surface area contributed by atoms with E-state index in [1.165, 1.54) is 31.4 Å². The van der Waals surface area contributed by atoms with Crippen LogP contribution in [0.1, 0.15) is 6.92 Å². The summed E-state index contributed by atoms with van der Waals surface area (Å²) in [7, 11) is 1.52. The number of anilines is 1. The van der Waals surface area contributed by atoms with Crippen LogP contribution in [-0.2, 0) is 4.79 Å². The highest BCUT2D eigenvalue weighted by atomic mass is 16.6. The first-order valence-corrected chi connectivity index (χ1v) is 6.86. The van der Waals surface area contributed by atoms with E-state index in [2.05, 4.69) is 5.32 Å². The molecule has 0 aliphatic carbocycles. The average Bonchev–Trinajstić information content (AvgIpc) is 2.55. The number of nitrogens with zero attached hydrogens (tertiary/aromatic N) is 1. The van der Waals surface area contributed by atoms with Crippen LogP contribution in [0.25, 0.3) is 0 Å². The lowest BCUT2D eigenvalue weighted by molar-refractivity contribution is -0.384. The number of ether oxygens (including phenoxy) is 2. The van der Waals surface area contributed by atoms with E-state index in [0.717, 1.165) is 0 Å². The van der Waals surface area contributed by atoms with E-state index in [1.54, 1.807) is 31.2 Å². The standard InChI is InChI=1S/C16H16N2O5/c1-11(23-13-9-7-12(8-10-13)18(20)21)16(19)17-14-5-3-4-6-15(14)22-2/h3-11H,1-2H3,(H,17,19). The molecule has 0 bridgehead atoms. The molecule has 120 valence electrons. The highest BCUT2D eigenvalue weighted by molar-refractivity contribution is 5.95. The smallest absolute Gasteiger partial charge is 0.269 e. The molecule has 0 aliphatic rings. The Kier molecular flexibility index (Phi) is 5.14. The first-order valence-electron chi connectivity index (χ1n) is 6.86. The van der Waals surface area contributed by atoms with Gasteiger partial charge in [-0.1, -0.05) is 12.1 Å². The molecule has 1 atom stereocenters. The molecule has 2 aromatic rings. The van der Waals surface area contributed by atoms with Crippen molar-refractivity contribution in [2.24, 2.45) is 0 Å². The third kappa shape index (κ3) is 4.19. The van der Waals surface area contributed by atoms with Crippen LogP contribution in [0.2, 0.25) is 0 Å². The Bertz CT molecular complexity index is 700. The van der Waals surface area contributed by atoms with Crippen molar-refractivity contribution in [3.63, 3.8) is 0 Å². The molecule has 0 saturated carbocycles. The fourth-order valence-electron chi connectivity index (χ4n) is 1.89. The number of carbonyl (C=O) groups is 1. The number of benzene rings is 2. The SMILES string of the molecule is COc1ccccc1NC(=O)C(C)Oc1ccc([N+](=O)[O-])cc1. The molecular weight excluding hydrogens is 300 g/mol. The van der Waals surface area contributed by atoms with Crippen LogP contribution in [0.15, 0.2) is 48.5 Å². The van der Waals surface area contributed by atoms with Crippen molar-refractivity contribution in [1.82, 2.24) is 0 Å². The second kappa shape index (κ2) is 7.26. The minimum absolute atomic E-state index is 0.0384. The Labute approximate surface area is 133 Å². The van der Waals surface area contributed by atoms with Crippen molar-refractivity contribution in [1.29, 1.82) is 0 Å². The predicted octanol–water partition coefficient (Wildman–Crippen LogP) is 3.01. The van der Waals surface area contributed by atoms with Crippen molar-refractivity contribution in [3.05, 3.63) is 58.6 Å². The number of nitro benzene ring substituents is 1. The minimum atomic E-state index is -0.777. The molecule has 23 heavy (non-hydrogen) atoms. The molecule has 0 radical (unpaired) electrons. The van der Waals surface area contributed by atoms with Gasteiger partial charge in [0.1, 0.15) is 11.5 Å². The number of para-hydroxylation sites is 2. The maximum absolute atomic E-state index is 12.2. The molecule has 2 aromatic carbocycles. The number of non-ortho nitro benzene ring substituents is 1. The summed E-state index contributed by atoms with van der Waals surface area (Å²) in [6, 6.07) is 12.6. The zero-order valence-corrected chi connectivity index (χ0v) is 12.7. The van der Waals surface area contributed by atoms with Crippen LogP contribution < -0.4 is 14.8 Å². The van der Waals surface area contributed by atoms with Gasteiger partial charge in [-0.05, 0) is 31.2 Å². The van der Waals surface area contributed by atoms with Gasteiger partial charge in [0.25, 0.3) is 11.6 Å². The molecule has 1 N–H and O–H groups in total. The number of carbonyl (C=O) groups excluding carboxylic acids is 1. The largest absolute Gasteiger partial charge is 0.495 e. The Balaban J connectivity index is 2.01. The Morgan fingerprint density at radius 1 is 1.17 bits per heavy atom.